The highest BCUT2D eigenvalue weighted by Crippen LogP contribution is 2.19. The van der Waals surface area contributed by atoms with Crippen molar-refractivity contribution in [1.29, 1.82) is 0 Å². The highest BCUT2D eigenvalue weighted by Gasteiger charge is 2.09. The Morgan fingerprint density at radius 3 is 2.13 bits per heavy atom. The molecule has 23 heavy (non-hydrogen) atoms. The van der Waals surface area contributed by atoms with Crippen molar-refractivity contribution in [2.45, 2.75) is 91.0 Å². The second-order valence-corrected chi connectivity index (χ2v) is 6.75. The molecular formula is C21H34N2. The Kier molecular flexibility index (Phi) is 8.20. The van der Waals surface area contributed by atoms with Crippen LogP contribution in [0.15, 0.2) is 24.3 Å². The van der Waals surface area contributed by atoms with Crippen LogP contribution in [0.3, 0.4) is 0 Å². The quantitative estimate of drug-likeness (QED) is 0.408. The van der Waals surface area contributed by atoms with E-state index in [2.05, 4.69) is 42.7 Å². The molecule has 1 heterocycles. The third kappa shape index (κ3) is 5.67. The second-order valence-electron chi connectivity index (χ2n) is 6.75. The molecule has 2 heteroatoms. The number of hydrogen-bond donors (Lipinski definition) is 0. The van der Waals surface area contributed by atoms with Gasteiger partial charge in [-0.25, -0.2) is 4.98 Å². The maximum Gasteiger partial charge on any atom is 0.109 e. The predicted molar refractivity (Wildman–Crippen MR) is 101 cm³/mol. The summed E-state index contributed by atoms with van der Waals surface area (Å²) in [6.07, 6.45) is 14.8. The van der Waals surface area contributed by atoms with Crippen LogP contribution >= 0.6 is 0 Å². The fourth-order valence-corrected chi connectivity index (χ4v) is 3.38. The van der Waals surface area contributed by atoms with Gasteiger partial charge in [-0.3, -0.25) is 0 Å². The molecule has 1 aromatic heterocycles. The lowest BCUT2D eigenvalue weighted by molar-refractivity contribution is 0.555. The summed E-state index contributed by atoms with van der Waals surface area (Å²) in [6.45, 7) is 5.62. The van der Waals surface area contributed by atoms with Gasteiger partial charge in [0.1, 0.15) is 5.82 Å². The van der Waals surface area contributed by atoms with E-state index in [1.165, 1.54) is 75.5 Å². The summed E-state index contributed by atoms with van der Waals surface area (Å²) < 4.78 is 2.43. The van der Waals surface area contributed by atoms with E-state index >= 15 is 0 Å². The molecule has 0 spiro atoms. The minimum Gasteiger partial charge on any atom is -0.328 e. The summed E-state index contributed by atoms with van der Waals surface area (Å²) in [6, 6.07) is 8.56. The summed E-state index contributed by atoms with van der Waals surface area (Å²) in [4.78, 5) is 4.86. The number of aryl methyl sites for hydroxylation is 2. The Hall–Kier alpha value is -1.31. The van der Waals surface area contributed by atoms with E-state index in [-0.39, 0.29) is 0 Å². The molecule has 0 atom stereocenters. The molecule has 1 aromatic carbocycles. The molecule has 2 rings (SSSR count). The van der Waals surface area contributed by atoms with Crippen LogP contribution in [0, 0.1) is 0 Å². The summed E-state index contributed by atoms with van der Waals surface area (Å²) in [5.41, 5.74) is 2.46. The minimum absolute atomic E-state index is 1.09. The van der Waals surface area contributed by atoms with Crippen molar-refractivity contribution in [3.8, 4) is 0 Å². The number of nitrogens with zero attached hydrogens (tertiary/aromatic N) is 2. The number of aromatic nitrogens is 2. The van der Waals surface area contributed by atoms with E-state index in [9.17, 15) is 0 Å². The molecule has 0 saturated heterocycles. The summed E-state index contributed by atoms with van der Waals surface area (Å²) in [5.74, 6) is 1.29. The average Bonchev–Trinajstić information content (AvgIpc) is 2.92. The number of unbranched alkanes of at least 4 members (excludes halogenated alkanes) is 8. The van der Waals surface area contributed by atoms with Crippen molar-refractivity contribution in [3.63, 3.8) is 0 Å². The van der Waals surface area contributed by atoms with Gasteiger partial charge in [-0.2, -0.15) is 0 Å². The minimum atomic E-state index is 1.09. The number of fused-ring (bicyclic) bond motifs is 1. The zero-order valence-corrected chi connectivity index (χ0v) is 15.2. The van der Waals surface area contributed by atoms with E-state index in [4.69, 9.17) is 4.98 Å². The maximum absolute atomic E-state index is 4.86. The molecule has 0 aliphatic carbocycles. The first-order valence-electron chi connectivity index (χ1n) is 9.81. The van der Waals surface area contributed by atoms with Crippen LogP contribution in [0.1, 0.15) is 83.9 Å². The largest absolute Gasteiger partial charge is 0.328 e. The van der Waals surface area contributed by atoms with Gasteiger partial charge < -0.3 is 4.57 Å². The van der Waals surface area contributed by atoms with Gasteiger partial charge in [0.05, 0.1) is 11.0 Å². The van der Waals surface area contributed by atoms with Crippen molar-refractivity contribution >= 4 is 11.0 Å². The Balaban J connectivity index is 1.73. The summed E-state index contributed by atoms with van der Waals surface area (Å²) >= 11 is 0. The monoisotopic (exact) mass is 314 g/mol. The zero-order chi connectivity index (χ0) is 16.3. The molecular weight excluding hydrogens is 280 g/mol. The van der Waals surface area contributed by atoms with Crippen molar-refractivity contribution in [3.05, 3.63) is 30.1 Å². The van der Waals surface area contributed by atoms with Crippen LogP contribution in [0.5, 0.6) is 0 Å². The first kappa shape index (κ1) is 18.0. The third-order valence-electron chi connectivity index (χ3n) is 4.68. The molecule has 0 unspecified atom stereocenters. The van der Waals surface area contributed by atoms with Gasteiger partial charge in [0.25, 0.3) is 0 Å². The van der Waals surface area contributed by atoms with E-state index in [0.717, 1.165) is 18.5 Å². The molecule has 0 fully saturated rings. The standard InChI is InChI=1S/C21H34N2/c1-3-5-6-7-8-9-10-11-12-17-21-22-19-15-13-14-16-20(19)23(21)18-4-2/h13-16H,3-12,17-18H2,1-2H3. The highest BCUT2D eigenvalue weighted by atomic mass is 15.1. The fraction of sp³-hybridized carbons (Fsp3) is 0.667. The molecule has 0 bridgehead atoms. The molecule has 0 amide bonds. The number of rotatable bonds is 12. The number of benzene rings is 1. The van der Waals surface area contributed by atoms with Crippen LogP contribution in [-0.2, 0) is 13.0 Å². The van der Waals surface area contributed by atoms with Crippen LogP contribution in [0.4, 0.5) is 0 Å². The summed E-state index contributed by atoms with van der Waals surface area (Å²) in [5, 5.41) is 0. The number of hydrogen-bond acceptors (Lipinski definition) is 1. The highest BCUT2D eigenvalue weighted by molar-refractivity contribution is 5.75. The van der Waals surface area contributed by atoms with Gasteiger partial charge in [-0.1, -0.05) is 77.3 Å². The normalized spacial score (nSPS) is 11.4. The Bertz CT molecular complexity index is 556. The molecule has 2 nitrogen and oxygen atoms in total. The van der Waals surface area contributed by atoms with Crippen molar-refractivity contribution in [2.24, 2.45) is 0 Å². The molecule has 0 radical (unpaired) electrons. The molecule has 2 aromatic rings. The Morgan fingerprint density at radius 2 is 1.43 bits per heavy atom. The average molecular weight is 315 g/mol. The van der Waals surface area contributed by atoms with Gasteiger partial charge >= 0.3 is 0 Å². The molecule has 0 aliphatic heterocycles. The smallest absolute Gasteiger partial charge is 0.109 e. The first-order valence-corrected chi connectivity index (χ1v) is 9.81. The first-order chi connectivity index (χ1) is 11.4. The van der Waals surface area contributed by atoms with Crippen LogP contribution < -0.4 is 0 Å². The lowest BCUT2D eigenvalue weighted by Gasteiger charge is -2.07. The predicted octanol–water partition coefficient (Wildman–Crippen LogP) is 6.52. The molecule has 128 valence electrons. The van der Waals surface area contributed by atoms with Crippen LogP contribution in [0.25, 0.3) is 11.0 Å². The van der Waals surface area contributed by atoms with Gasteiger partial charge in [0.2, 0.25) is 0 Å². The van der Waals surface area contributed by atoms with Gasteiger partial charge in [-0.15, -0.1) is 0 Å². The van der Waals surface area contributed by atoms with E-state index in [1.54, 1.807) is 0 Å². The zero-order valence-electron chi connectivity index (χ0n) is 15.2. The number of para-hydroxylation sites is 2. The van der Waals surface area contributed by atoms with Crippen molar-refractivity contribution < 1.29 is 0 Å². The van der Waals surface area contributed by atoms with Crippen LogP contribution in [0.2, 0.25) is 0 Å². The molecule has 0 aliphatic rings. The molecule has 0 N–H and O–H groups in total. The SMILES string of the molecule is CCCCCCCCCCCc1nc2ccccc2n1CCC. The Labute approximate surface area is 142 Å². The van der Waals surface area contributed by atoms with Gasteiger partial charge in [0.15, 0.2) is 0 Å². The number of imidazole rings is 1. The summed E-state index contributed by atoms with van der Waals surface area (Å²) in [7, 11) is 0. The van der Waals surface area contributed by atoms with Crippen LogP contribution in [-0.4, -0.2) is 9.55 Å². The maximum atomic E-state index is 4.86. The Morgan fingerprint density at radius 1 is 0.783 bits per heavy atom. The molecule has 0 saturated carbocycles. The van der Waals surface area contributed by atoms with Crippen molar-refractivity contribution in [2.75, 3.05) is 0 Å². The van der Waals surface area contributed by atoms with E-state index in [0.29, 0.717) is 0 Å². The topological polar surface area (TPSA) is 17.8 Å². The lowest BCUT2D eigenvalue weighted by atomic mass is 10.1. The van der Waals surface area contributed by atoms with E-state index < -0.39 is 0 Å². The van der Waals surface area contributed by atoms with E-state index in [1.807, 2.05) is 0 Å². The van der Waals surface area contributed by atoms with Gasteiger partial charge in [-0.05, 0) is 25.0 Å². The van der Waals surface area contributed by atoms with Gasteiger partial charge in [0, 0.05) is 13.0 Å². The second kappa shape index (κ2) is 10.5. The third-order valence-corrected chi connectivity index (χ3v) is 4.68. The van der Waals surface area contributed by atoms with Crippen molar-refractivity contribution in [1.82, 2.24) is 9.55 Å². The lowest BCUT2D eigenvalue weighted by Crippen LogP contribution is -2.03. The fourth-order valence-electron chi connectivity index (χ4n) is 3.38.